The van der Waals surface area contributed by atoms with Crippen LogP contribution in [0, 0.1) is 12.7 Å². The summed E-state index contributed by atoms with van der Waals surface area (Å²) in [5.41, 5.74) is 1.72. The maximum absolute atomic E-state index is 13.0. The molecule has 0 fully saturated rings. The van der Waals surface area contributed by atoms with Crippen LogP contribution in [-0.4, -0.2) is 6.61 Å². The Hall–Kier alpha value is -0.930. The molecule has 1 aromatic rings. The number of benzene rings is 1. The van der Waals surface area contributed by atoms with Crippen molar-refractivity contribution in [3.05, 3.63) is 35.1 Å². The molecule has 0 aromatic heterocycles. The van der Waals surface area contributed by atoms with E-state index in [0.29, 0.717) is 6.61 Å². The predicted octanol–water partition coefficient (Wildman–Crippen LogP) is 2.30. The first kappa shape index (κ1) is 11.1. The summed E-state index contributed by atoms with van der Waals surface area (Å²) in [7, 11) is 0. The Morgan fingerprint density at radius 2 is 2.07 bits per heavy atom. The van der Waals surface area contributed by atoms with Crippen molar-refractivity contribution in [2.45, 2.75) is 26.2 Å². The average molecular weight is 197 g/mol. The molecule has 0 unspecified atom stereocenters. The highest BCUT2D eigenvalue weighted by Gasteiger charge is 2.23. The Bertz CT molecular complexity index is 323. The predicted molar refractivity (Wildman–Crippen MR) is 54.3 cm³/mol. The molecule has 2 N–H and O–H groups in total. The Morgan fingerprint density at radius 1 is 1.43 bits per heavy atom. The van der Waals surface area contributed by atoms with E-state index in [4.69, 9.17) is 5.90 Å². The topological polar surface area (TPSA) is 35.2 Å². The number of hydrogen-bond acceptors (Lipinski definition) is 2. The van der Waals surface area contributed by atoms with E-state index >= 15 is 0 Å². The number of nitrogens with two attached hydrogens (primary N) is 1. The van der Waals surface area contributed by atoms with Gasteiger partial charge in [0.2, 0.25) is 0 Å². The van der Waals surface area contributed by atoms with Gasteiger partial charge in [0.15, 0.2) is 0 Å². The third kappa shape index (κ3) is 2.30. The van der Waals surface area contributed by atoms with Gasteiger partial charge < -0.3 is 4.84 Å². The lowest BCUT2D eigenvalue weighted by molar-refractivity contribution is 0.0961. The van der Waals surface area contributed by atoms with Crippen molar-refractivity contribution < 1.29 is 9.23 Å². The monoisotopic (exact) mass is 197 g/mol. The highest BCUT2D eigenvalue weighted by Crippen LogP contribution is 2.26. The van der Waals surface area contributed by atoms with Gasteiger partial charge in [-0.3, -0.25) is 0 Å². The Morgan fingerprint density at radius 3 is 2.64 bits per heavy atom. The molecule has 1 rings (SSSR count). The largest absolute Gasteiger partial charge is 0.304 e. The number of rotatable bonds is 3. The van der Waals surface area contributed by atoms with Gasteiger partial charge in [-0.25, -0.2) is 10.3 Å². The second kappa shape index (κ2) is 4.07. The Balaban J connectivity index is 3.10. The molecule has 78 valence electrons. The SMILES string of the molecule is Cc1ccc(F)cc1C(C)(C)CON. The lowest BCUT2D eigenvalue weighted by atomic mass is 9.83. The lowest BCUT2D eigenvalue weighted by Gasteiger charge is -2.25. The molecule has 2 nitrogen and oxygen atoms in total. The standard InChI is InChI=1S/C11H16FNO/c1-8-4-5-9(12)6-10(8)11(2,3)7-14-13/h4-6H,7,13H2,1-3H3. The van der Waals surface area contributed by atoms with E-state index in [1.54, 1.807) is 6.07 Å². The van der Waals surface area contributed by atoms with Crippen molar-refractivity contribution >= 4 is 0 Å². The van der Waals surface area contributed by atoms with Gasteiger partial charge in [0.05, 0.1) is 6.61 Å². The van der Waals surface area contributed by atoms with E-state index in [0.717, 1.165) is 11.1 Å². The van der Waals surface area contributed by atoms with Crippen molar-refractivity contribution in [3.63, 3.8) is 0 Å². The molecule has 0 saturated heterocycles. The summed E-state index contributed by atoms with van der Waals surface area (Å²) >= 11 is 0. The second-order valence-corrected chi connectivity index (χ2v) is 4.15. The summed E-state index contributed by atoms with van der Waals surface area (Å²) in [4.78, 5) is 4.63. The fourth-order valence-corrected chi connectivity index (χ4v) is 1.61. The summed E-state index contributed by atoms with van der Waals surface area (Å²) in [6.07, 6.45) is 0. The zero-order chi connectivity index (χ0) is 10.8. The molecule has 0 saturated carbocycles. The highest BCUT2D eigenvalue weighted by molar-refractivity contribution is 5.32. The van der Waals surface area contributed by atoms with Crippen molar-refractivity contribution in [1.82, 2.24) is 0 Å². The van der Waals surface area contributed by atoms with Crippen LogP contribution in [0.5, 0.6) is 0 Å². The van der Waals surface area contributed by atoms with Crippen LogP contribution in [0.1, 0.15) is 25.0 Å². The van der Waals surface area contributed by atoms with Gasteiger partial charge in [0.25, 0.3) is 0 Å². The second-order valence-electron chi connectivity index (χ2n) is 4.15. The molecule has 14 heavy (non-hydrogen) atoms. The van der Waals surface area contributed by atoms with Gasteiger partial charge in [-0.05, 0) is 30.2 Å². The van der Waals surface area contributed by atoms with Crippen molar-refractivity contribution in [1.29, 1.82) is 0 Å². The molecule has 0 amide bonds. The smallest absolute Gasteiger partial charge is 0.123 e. The lowest BCUT2D eigenvalue weighted by Crippen LogP contribution is -2.27. The molecule has 0 aliphatic heterocycles. The minimum Gasteiger partial charge on any atom is -0.304 e. The fraction of sp³-hybridized carbons (Fsp3) is 0.455. The zero-order valence-electron chi connectivity index (χ0n) is 8.80. The van der Waals surface area contributed by atoms with Crippen molar-refractivity contribution in [2.24, 2.45) is 5.90 Å². The average Bonchev–Trinajstić information content (AvgIpc) is 2.09. The van der Waals surface area contributed by atoms with Crippen LogP contribution in [0.25, 0.3) is 0 Å². The Kier molecular flexibility index (Phi) is 3.24. The van der Waals surface area contributed by atoms with Gasteiger partial charge in [-0.1, -0.05) is 19.9 Å². The molecule has 0 bridgehead atoms. The summed E-state index contributed by atoms with van der Waals surface area (Å²) < 4.78 is 13.0. The maximum atomic E-state index is 13.0. The van der Waals surface area contributed by atoms with Crippen LogP contribution < -0.4 is 5.90 Å². The van der Waals surface area contributed by atoms with Gasteiger partial charge in [0, 0.05) is 5.41 Å². The molecular formula is C11H16FNO. The van der Waals surface area contributed by atoms with E-state index in [9.17, 15) is 4.39 Å². The molecule has 0 heterocycles. The third-order valence-electron chi connectivity index (χ3n) is 2.37. The zero-order valence-corrected chi connectivity index (χ0v) is 8.80. The van der Waals surface area contributed by atoms with Crippen LogP contribution in [0.4, 0.5) is 4.39 Å². The molecule has 0 spiro atoms. The minimum absolute atomic E-state index is 0.226. The summed E-state index contributed by atoms with van der Waals surface area (Å²) in [5, 5.41) is 0. The molecule has 1 aromatic carbocycles. The van der Waals surface area contributed by atoms with Crippen LogP contribution >= 0.6 is 0 Å². The van der Waals surface area contributed by atoms with Crippen molar-refractivity contribution in [3.8, 4) is 0 Å². The van der Waals surface area contributed by atoms with E-state index in [1.807, 2.05) is 20.8 Å². The van der Waals surface area contributed by atoms with Gasteiger partial charge in [-0.2, -0.15) is 0 Å². The molecular weight excluding hydrogens is 181 g/mol. The van der Waals surface area contributed by atoms with Gasteiger partial charge in [0.1, 0.15) is 5.82 Å². The van der Waals surface area contributed by atoms with Crippen LogP contribution in [0.2, 0.25) is 0 Å². The summed E-state index contributed by atoms with van der Waals surface area (Å²) in [5.74, 6) is 4.82. The molecule has 3 heteroatoms. The van der Waals surface area contributed by atoms with E-state index < -0.39 is 0 Å². The summed E-state index contributed by atoms with van der Waals surface area (Å²) in [6.45, 7) is 6.27. The quantitative estimate of drug-likeness (QED) is 0.754. The molecule has 0 aliphatic carbocycles. The molecule has 0 radical (unpaired) electrons. The van der Waals surface area contributed by atoms with E-state index in [2.05, 4.69) is 4.84 Å². The number of halogens is 1. The van der Waals surface area contributed by atoms with Crippen LogP contribution in [0.15, 0.2) is 18.2 Å². The van der Waals surface area contributed by atoms with Crippen LogP contribution in [0.3, 0.4) is 0 Å². The molecule has 0 aliphatic rings. The number of aryl methyl sites for hydroxylation is 1. The van der Waals surface area contributed by atoms with Crippen LogP contribution in [-0.2, 0) is 10.3 Å². The highest BCUT2D eigenvalue weighted by atomic mass is 19.1. The van der Waals surface area contributed by atoms with Gasteiger partial charge >= 0.3 is 0 Å². The van der Waals surface area contributed by atoms with E-state index in [-0.39, 0.29) is 11.2 Å². The Labute approximate surface area is 83.8 Å². The van der Waals surface area contributed by atoms with Gasteiger partial charge in [-0.15, -0.1) is 0 Å². The maximum Gasteiger partial charge on any atom is 0.123 e. The fourth-order valence-electron chi connectivity index (χ4n) is 1.61. The molecule has 0 atom stereocenters. The summed E-state index contributed by atoms with van der Waals surface area (Å²) in [6, 6.07) is 4.76. The van der Waals surface area contributed by atoms with Crippen molar-refractivity contribution in [2.75, 3.05) is 6.61 Å². The third-order valence-corrected chi connectivity index (χ3v) is 2.37. The first-order valence-corrected chi connectivity index (χ1v) is 4.55. The number of hydrogen-bond donors (Lipinski definition) is 1. The first-order valence-electron chi connectivity index (χ1n) is 4.55. The minimum atomic E-state index is -0.263. The van der Waals surface area contributed by atoms with E-state index in [1.165, 1.54) is 12.1 Å². The first-order chi connectivity index (χ1) is 6.47. The normalized spacial score (nSPS) is 11.8.